The third-order valence-corrected chi connectivity index (χ3v) is 3.72. The first-order valence-corrected chi connectivity index (χ1v) is 7.45. The summed E-state index contributed by atoms with van der Waals surface area (Å²) in [4.78, 5) is 0. The zero-order chi connectivity index (χ0) is 15.9. The van der Waals surface area contributed by atoms with Crippen molar-refractivity contribution in [3.8, 4) is 17.6 Å². The minimum atomic E-state index is -0.322. The van der Waals surface area contributed by atoms with Crippen LogP contribution in [0.25, 0.3) is 0 Å². The minimum Gasteiger partial charge on any atom is -0.496 e. The first kappa shape index (κ1) is 16.2. The summed E-state index contributed by atoms with van der Waals surface area (Å²) in [5.41, 5.74) is 1.88. The highest BCUT2D eigenvalue weighted by atomic mass is 35.5. The van der Waals surface area contributed by atoms with Crippen LogP contribution in [0.4, 0.5) is 0 Å². The van der Waals surface area contributed by atoms with Crippen LogP contribution in [0.3, 0.4) is 0 Å². The molecular formula is C18H18ClNO2. The minimum absolute atomic E-state index is 0.322. The lowest BCUT2D eigenvalue weighted by Crippen LogP contribution is -2.06. The van der Waals surface area contributed by atoms with Crippen molar-refractivity contribution in [2.24, 2.45) is 0 Å². The number of halogens is 1. The number of aryl methyl sites for hydroxylation is 1. The molecule has 0 saturated carbocycles. The Morgan fingerprint density at radius 3 is 2.64 bits per heavy atom. The highest BCUT2D eigenvalue weighted by Gasteiger charge is 2.16. The van der Waals surface area contributed by atoms with Crippen molar-refractivity contribution in [1.29, 1.82) is 5.26 Å². The van der Waals surface area contributed by atoms with Crippen LogP contribution in [-0.2, 0) is 0 Å². The van der Waals surface area contributed by atoms with Crippen LogP contribution in [0.5, 0.6) is 11.5 Å². The van der Waals surface area contributed by atoms with Gasteiger partial charge in [0.15, 0.2) is 0 Å². The first-order chi connectivity index (χ1) is 10.7. The van der Waals surface area contributed by atoms with E-state index in [1.165, 1.54) is 0 Å². The number of hydrogen-bond acceptors (Lipinski definition) is 3. The van der Waals surface area contributed by atoms with Crippen LogP contribution in [0, 0.1) is 18.3 Å². The quantitative estimate of drug-likeness (QED) is 0.773. The molecule has 0 bridgehead atoms. The van der Waals surface area contributed by atoms with Gasteiger partial charge in [-0.2, -0.15) is 5.26 Å². The molecule has 0 amide bonds. The predicted molar refractivity (Wildman–Crippen MR) is 87.6 cm³/mol. The number of benzene rings is 2. The summed E-state index contributed by atoms with van der Waals surface area (Å²) in [6, 6.07) is 15.4. The van der Waals surface area contributed by atoms with Crippen LogP contribution >= 0.6 is 11.6 Å². The van der Waals surface area contributed by atoms with E-state index in [4.69, 9.17) is 21.1 Å². The molecule has 0 radical (unpaired) electrons. The smallest absolute Gasteiger partial charge is 0.123 e. The van der Waals surface area contributed by atoms with Crippen molar-refractivity contribution in [2.75, 3.05) is 13.7 Å². The zero-order valence-corrected chi connectivity index (χ0v) is 13.4. The zero-order valence-electron chi connectivity index (χ0n) is 12.7. The molecule has 2 rings (SSSR count). The molecule has 0 aliphatic heterocycles. The fourth-order valence-corrected chi connectivity index (χ4v) is 2.45. The normalized spacial score (nSPS) is 11.5. The number of nitriles is 1. The second kappa shape index (κ2) is 7.72. The molecule has 4 heteroatoms. The fourth-order valence-electron chi connectivity index (χ4n) is 2.27. The molecule has 0 spiro atoms. The van der Waals surface area contributed by atoms with Crippen molar-refractivity contribution in [2.45, 2.75) is 19.3 Å². The standard InChI is InChI=1S/C18H18ClNO2/c1-13-5-3-4-6-17(13)22-10-9-14(12-20)16-11-15(19)7-8-18(16)21-2/h3-8,11,14H,9-10H2,1-2H3. The Morgan fingerprint density at radius 1 is 1.18 bits per heavy atom. The molecule has 1 atom stereocenters. The van der Waals surface area contributed by atoms with Crippen LogP contribution in [0.15, 0.2) is 42.5 Å². The Bertz CT molecular complexity index is 679. The first-order valence-electron chi connectivity index (χ1n) is 7.07. The summed E-state index contributed by atoms with van der Waals surface area (Å²) in [6.07, 6.45) is 0.571. The summed E-state index contributed by atoms with van der Waals surface area (Å²) < 4.78 is 11.1. The molecule has 0 saturated heterocycles. The van der Waals surface area contributed by atoms with Gasteiger partial charge in [0, 0.05) is 17.0 Å². The van der Waals surface area contributed by atoms with Crippen molar-refractivity contribution in [3.05, 3.63) is 58.6 Å². The second-order valence-corrected chi connectivity index (χ2v) is 5.41. The van der Waals surface area contributed by atoms with Crippen LogP contribution in [-0.4, -0.2) is 13.7 Å². The summed E-state index contributed by atoms with van der Waals surface area (Å²) in [7, 11) is 1.59. The fraction of sp³-hybridized carbons (Fsp3) is 0.278. The molecule has 0 aromatic heterocycles. The summed E-state index contributed by atoms with van der Waals surface area (Å²) in [5, 5.41) is 10.0. The van der Waals surface area contributed by atoms with Crippen LogP contribution in [0.2, 0.25) is 5.02 Å². The van der Waals surface area contributed by atoms with Gasteiger partial charge in [-0.25, -0.2) is 0 Å². The molecule has 0 aliphatic rings. The van der Waals surface area contributed by atoms with Gasteiger partial charge in [-0.3, -0.25) is 0 Å². The average Bonchev–Trinajstić information content (AvgIpc) is 2.53. The largest absolute Gasteiger partial charge is 0.496 e. The van der Waals surface area contributed by atoms with Gasteiger partial charge in [-0.1, -0.05) is 29.8 Å². The van der Waals surface area contributed by atoms with Gasteiger partial charge >= 0.3 is 0 Å². The van der Waals surface area contributed by atoms with Gasteiger partial charge in [0.25, 0.3) is 0 Å². The maximum Gasteiger partial charge on any atom is 0.123 e. The number of hydrogen-bond donors (Lipinski definition) is 0. The number of ether oxygens (including phenoxy) is 2. The van der Waals surface area contributed by atoms with Gasteiger partial charge in [0.2, 0.25) is 0 Å². The van der Waals surface area contributed by atoms with Crippen LogP contribution in [0.1, 0.15) is 23.5 Å². The molecule has 0 fully saturated rings. The van der Waals surface area contributed by atoms with E-state index >= 15 is 0 Å². The lowest BCUT2D eigenvalue weighted by atomic mass is 9.96. The Morgan fingerprint density at radius 2 is 1.95 bits per heavy atom. The van der Waals surface area contributed by atoms with Gasteiger partial charge in [-0.15, -0.1) is 0 Å². The number of para-hydroxylation sites is 1. The third kappa shape index (κ3) is 3.93. The van der Waals surface area contributed by atoms with Crippen molar-refractivity contribution >= 4 is 11.6 Å². The highest BCUT2D eigenvalue weighted by molar-refractivity contribution is 6.30. The van der Waals surface area contributed by atoms with Crippen molar-refractivity contribution in [1.82, 2.24) is 0 Å². The van der Waals surface area contributed by atoms with Gasteiger partial charge in [-0.05, 0) is 36.8 Å². The maximum atomic E-state index is 9.44. The van der Waals surface area contributed by atoms with E-state index in [0.717, 1.165) is 16.9 Å². The van der Waals surface area contributed by atoms with Crippen molar-refractivity contribution < 1.29 is 9.47 Å². The number of nitrogens with zero attached hydrogens (tertiary/aromatic N) is 1. The van der Waals surface area contributed by atoms with Crippen molar-refractivity contribution in [3.63, 3.8) is 0 Å². The Balaban J connectivity index is 2.06. The molecule has 0 aliphatic carbocycles. The second-order valence-electron chi connectivity index (χ2n) is 4.97. The average molecular weight is 316 g/mol. The van der Waals surface area contributed by atoms with Gasteiger partial charge in [0.1, 0.15) is 11.5 Å². The Kier molecular flexibility index (Phi) is 5.68. The molecule has 22 heavy (non-hydrogen) atoms. The van der Waals surface area contributed by atoms with Crippen LogP contribution < -0.4 is 9.47 Å². The summed E-state index contributed by atoms with van der Waals surface area (Å²) in [6.45, 7) is 2.45. The molecule has 114 valence electrons. The number of methoxy groups -OCH3 is 1. The van der Waals surface area contributed by atoms with Gasteiger partial charge < -0.3 is 9.47 Å². The maximum absolute atomic E-state index is 9.44. The van der Waals surface area contributed by atoms with E-state index < -0.39 is 0 Å². The molecule has 0 heterocycles. The molecular weight excluding hydrogens is 298 g/mol. The van der Waals surface area contributed by atoms with E-state index in [2.05, 4.69) is 6.07 Å². The van der Waals surface area contributed by atoms with E-state index in [-0.39, 0.29) is 5.92 Å². The molecule has 1 unspecified atom stereocenters. The lowest BCUT2D eigenvalue weighted by molar-refractivity contribution is 0.302. The summed E-state index contributed by atoms with van der Waals surface area (Å²) >= 11 is 6.03. The number of rotatable bonds is 6. The molecule has 2 aromatic carbocycles. The topological polar surface area (TPSA) is 42.2 Å². The summed E-state index contributed by atoms with van der Waals surface area (Å²) in [5.74, 6) is 1.20. The molecule has 2 aromatic rings. The van der Waals surface area contributed by atoms with Gasteiger partial charge in [0.05, 0.1) is 25.7 Å². The van der Waals surface area contributed by atoms with E-state index in [9.17, 15) is 5.26 Å². The van der Waals surface area contributed by atoms with E-state index in [1.807, 2.05) is 31.2 Å². The SMILES string of the molecule is COc1ccc(Cl)cc1C(C#N)CCOc1ccccc1C. The Hall–Kier alpha value is -2.18. The van der Waals surface area contributed by atoms with E-state index in [0.29, 0.717) is 23.8 Å². The highest BCUT2D eigenvalue weighted by Crippen LogP contribution is 2.31. The molecule has 3 nitrogen and oxygen atoms in total. The predicted octanol–water partition coefficient (Wildman–Crippen LogP) is 4.73. The van der Waals surface area contributed by atoms with E-state index in [1.54, 1.807) is 25.3 Å². The monoisotopic (exact) mass is 315 g/mol. The molecule has 0 N–H and O–H groups in total. The Labute approximate surface area is 136 Å². The lowest BCUT2D eigenvalue weighted by Gasteiger charge is -2.15. The third-order valence-electron chi connectivity index (χ3n) is 3.48.